The van der Waals surface area contributed by atoms with Gasteiger partial charge in [-0.25, -0.2) is 9.80 Å². The van der Waals surface area contributed by atoms with Gasteiger partial charge in [0.2, 0.25) is 0 Å². The molecule has 1 aromatic carbocycles. The molecule has 1 unspecified atom stereocenters. The molecule has 1 aliphatic rings. The Labute approximate surface area is 177 Å². The fourth-order valence-corrected chi connectivity index (χ4v) is 3.54. The normalized spacial score (nSPS) is 15.8. The van der Waals surface area contributed by atoms with Crippen molar-refractivity contribution in [2.45, 2.75) is 19.4 Å². The minimum Gasteiger partial charge on any atom is -0.383 e. The van der Waals surface area contributed by atoms with Crippen LogP contribution in [0.3, 0.4) is 0 Å². The summed E-state index contributed by atoms with van der Waals surface area (Å²) in [5, 5.41) is 8.96. The third-order valence-corrected chi connectivity index (χ3v) is 5.10. The van der Waals surface area contributed by atoms with E-state index in [1.165, 1.54) is 9.91 Å². The Hall–Kier alpha value is -3.13. The van der Waals surface area contributed by atoms with Crippen LogP contribution < -0.4 is 5.32 Å². The van der Waals surface area contributed by atoms with Crippen molar-refractivity contribution in [2.75, 3.05) is 33.4 Å². The van der Waals surface area contributed by atoms with Crippen LogP contribution in [0.2, 0.25) is 0 Å². The fraction of sp³-hybridized carbons (Fsp3) is 0.409. The smallest absolute Gasteiger partial charge is 0.317 e. The molecule has 8 heteroatoms. The van der Waals surface area contributed by atoms with Gasteiger partial charge >= 0.3 is 6.03 Å². The maximum Gasteiger partial charge on any atom is 0.317 e. The molecular formula is C22H29N5O3. The molecule has 1 atom stereocenters. The van der Waals surface area contributed by atoms with Gasteiger partial charge in [-0.1, -0.05) is 30.3 Å². The van der Waals surface area contributed by atoms with Crippen LogP contribution in [-0.4, -0.2) is 65.5 Å². The van der Waals surface area contributed by atoms with Crippen LogP contribution in [0.15, 0.2) is 53.8 Å². The molecule has 0 saturated heterocycles. The predicted octanol–water partition coefficient (Wildman–Crippen LogP) is 2.38. The van der Waals surface area contributed by atoms with Crippen LogP contribution in [0.5, 0.6) is 0 Å². The highest BCUT2D eigenvalue weighted by Crippen LogP contribution is 2.32. The number of carbonyl (C=O) groups excluding carboxylic acids is 2. The highest BCUT2D eigenvalue weighted by atomic mass is 16.5. The summed E-state index contributed by atoms with van der Waals surface area (Å²) < 4.78 is 7.09. The van der Waals surface area contributed by atoms with Gasteiger partial charge in [0.25, 0.3) is 5.91 Å². The van der Waals surface area contributed by atoms with Gasteiger partial charge in [-0.05, 0) is 24.6 Å². The number of methoxy groups -OCH3 is 1. The Bertz CT molecular complexity index is 893. The zero-order valence-electron chi connectivity index (χ0n) is 17.7. The second-order valence-electron chi connectivity index (χ2n) is 7.17. The maximum absolute atomic E-state index is 13.3. The number of hydrogen-bond donors (Lipinski definition) is 1. The molecule has 1 aliphatic heterocycles. The SMILES string of the molecule is CCNC(=O)N(CCOC)CC(=O)N1N=C(c2cccn2C)CC1c1ccccc1. The van der Waals surface area contributed by atoms with E-state index in [9.17, 15) is 9.59 Å². The summed E-state index contributed by atoms with van der Waals surface area (Å²) in [4.78, 5) is 27.1. The number of nitrogens with one attached hydrogen (secondary N) is 1. The lowest BCUT2D eigenvalue weighted by molar-refractivity contribution is -0.133. The molecule has 0 bridgehead atoms. The van der Waals surface area contributed by atoms with Gasteiger partial charge in [0.05, 0.1) is 24.1 Å². The third-order valence-electron chi connectivity index (χ3n) is 5.10. The molecule has 0 radical (unpaired) electrons. The molecule has 2 heterocycles. The lowest BCUT2D eigenvalue weighted by Crippen LogP contribution is -2.47. The van der Waals surface area contributed by atoms with E-state index >= 15 is 0 Å². The summed E-state index contributed by atoms with van der Waals surface area (Å²) in [6, 6.07) is 13.3. The molecule has 0 fully saturated rings. The van der Waals surface area contributed by atoms with Crippen LogP contribution in [0.1, 0.15) is 30.6 Å². The molecule has 1 aromatic heterocycles. The van der Waals surface area contributed by atoms with E-state index in [4.69, 9.17) is 4.74 Å². The average molecular weight is 412 g/mol. The second-order valence-corrected chi connectivity index (χ2v) is 7.17. The Balaban J connectivity index is 1.85. The van der Waals surface area contributed by atoms with Gasteiger partial charge in [0.1, 0.15) is 6.54 Å². The van der Waals surface area contributed by atoms with Gasteiger partial charge in [0.15, 0.2) is 0 Å². The Kier molecular flexibility index (Phi) is 7.24. The summed E-state index contributed by atoms with van der Waals surface area (Å²) in [5.74, 6) is -0.226. The number of aryl methyl sites for hydroxylation is 1. The Morgan fingerprint density at radius 2 is 2.00 bits per heavy atom. The van der Waals surface area contributed by atoms with Gasteiger partial charge in [-0.2, -0.15) is 5.10 Å². The van der Waals surface area contributed by atoms with Crippen LogP contribution in [-0.2, 0) is 16.6 Å². The molecule has 1 N–H and O–H groups in total. The zero-order valence-corrected chi connectivity index (χ0v) is 17.7. The van der Waals surface area contributed by atoms with Gasteiger partial charge in [-0.15, -0.1) is 0 Å². The number of ether oxygens (including phenoxy) is 1. The van der Waals surface area contributed by atoms with E-state index in [0.29, 0.717) is 26.1 Å². The summed E-state index contributed by atoms with van der Waals surface area (Å²) in [6.07, 6.45) is 2.58. The standard InChI is InChI=1S/C22H29N5O3/c1-4-23-22(29)26(13-14-30-3)16-21(28)27-20(17-9-6-5-7-10-17)15-18(24-27)19-11-8-12-25(19)2/h5-12,20H,4,13-16H2,1-3H3,(H,23,29). The van der Waals surface area contributed by atoms with Gasteiger partial charge < -0.3 is 19.5 Å². The van der Waals surface area contributed by atoms with Crippen molar-refractivity contribution in [3.63, 3.8) is 0 Å². The second kappa shape index (κ2) is 10.1. The number of hydrogen-bond acceptors (Lipinski definition) is 4. The number of hydrazone groups is 1. The molecule has 3 rings (SSSR count). The average Bonchev–Trinajstić information content (AvgIpc) is 3.38. The van der Waals surface area contributed by atoms with Gasteiger partial charge in [-0.3, -0.25) is 4.79 Å². The maximum atomic E-state index is 13.3. The summed E-state index contributed by atoms with van der Waals surface area (Å²) >= 11 is 0. The predicted molar refractivity (Wildman–Crippen MR) is 115 cm³/mol. The highest BCUT2D eigenvalue weighted by Gasteiger charge is 2.34. The fourth-order valence-electron chi connectivity index (χ4n) is 3.54. The van der Waals surface area contributed by atoms with Crippen molar-refractivity contribution < 1.29 is 14.3 Å². The number of nitrogens with zero attached hydrogens (tertiary/aromatic N) is 4. The molecule has 2 aromatic rings. The number of benzene rings is 1. The van der Waals surface area contributed by atoms with E-state index in [1.54, 1.807) is 7.11 Å². The molecule has 30 heavy (non-hydrogen) atoms. The summed E-state index contributed by atoms with van der Waals surface area (Å²) in [5.41, 5.74) is 2.85. The van der Waals surface area contributed by atoms with Crippen LogP contribution in [0.25, 0.3) is 0 Å². The zero-order chi connectivity index (χ0) is 21.5. The van der Waals surface area contributed by atoms with Crippen molar-refractivity contribution in [2.24, 2.45) is 12.1 Å². The van der Waals surface area contributed by atoms with Crippen LogP contribution in [0, 0.1) is 0 Å². The van der Waals surface area contributed by atoms with E-state index in [-0.39, 0.29) is 24.5 Å². The highest BCUT2D eigenvalue weighted by molar-refractivity contribution is 6.02. The quantitative estimate of drug-likeness (QED) is 0.724. The van der Waals surface area contributed by atoms with E-state index < -0.39 is 0 Å². The Morgan fingerprint density at radius 3 is 2.63 bits per heavy atom. The number of rotatable bonds is 8. The summed E-state index contributed by atoms with van der Waals surface area (Å²) in [6.45, 7) is 2.94. The van der Waals surface area contributed by atoms with E-state index in [1.807, 2.05) is 67.2 Å². The van der Waals surface area contributed by atoms with Crippen LogP contribution >= 0.6 is 0 Å². The van der Waals surface area contributed by atoms with Crippen molar-refractivity contribution in [1.82, 2.24) is 19.8 Å². The molecule has 8 nitrogen and oxygen atoms in total. The van der Waals surface area contributed by atoms with Gasteiger partial charge in [0, 0.05) is 39.9 Å². The first kappa shape index (κ1) is 21.6. The largest absolute Gasteiger partial charge is 0.383 e. The van der Waals surface area contributed by atoms with E-state index in [2.05, 4.69) is 10.4 Å². The molecule has 0 aliphatic carbocycles. The number of carbonyl (C=O) groups is 2. The van der Waals surface area contributed by atoms with Crippen LogP contribution in [0.4, 0.5) is 4.79 Å². The molecule has 160 valence electrons. The minimum atomic E-state index is -0.287. The Morgan fingerprint density at radius 1 is 1.23 bits per heavy atom. The third kappa shape index (κ3) is 4.88. The van der Waals surface area contributed by atoms with Crippen molar-refractivity contribution in [3.05, 3.63) is 59.9 Å². The number of aromatic nitrogens is 1. The first-order valence-corrected chi connectivity index (χ1v) is 10.1. The molecule has 0 spiro atoms. The molecular weight excluding hydrogens is 382 g/mol. The lowest BCUT2D eigenvalue weighted by atomic mass is 10.0. The number of amides is 3. The number of urea groups is 1. The lowest BCUT2D eigenvalue weighted by Gasteiger charge is -2.27. The first-order valence-electron chi connectivity index (χ1n) is 10.1. The topological polar surface area (TPSA) is 79.2 Å². The first-order chi connectivity index (χ1) is 14.5. The molecule has 3 amide bonds. The molecule has 0 saturated carbocycles. The van der Waals surface area contributed by atoms with Crippen molar-refractivity contribution in [1.29, 1.82) is 0 Å². The van der Waals surface area contributed by atoms with Crippen molar-refractivity contribution >= 4 is 17.6 Å². The van der Waals surface area contributed by atoms with E-state index in [0.717, 1.165) is 17.0 Å². The van der Waals surface area contributed by atoms with Crippen molar-refractivity contribution in [3.8, 4) is 0 Å². The monoisotopic (exact) mass is 411 g/mol. The minimum absolute atomic E-state index is 0.0670. The summed E-state index contributed by atoms with van der Waals surface area (Å²) in [7, 11) is 3.53.